The normalized spacial score (nSPS) is 12.8. The average Bonchev–Trinajstić information content (AvgIpc) is 2.30. The quantitative estimate of drug-likeness (QED) is 0.802. The second kappa shape index (κ2) is 6.57. The number of likely N-dealkylation sites (N-methyl/N-ethyl adjacent to an activating group) is 1. The van der Waals surface area contributed by atoms with Gasteiger partial charge in [-0.1, -0.05) is 13.8 Å². The Hall–Kier alpha value is -1.55. The summed E-state index contributed by atoms with van der Waals surface area (Å²) in [7, 11) is 1.97. The molecule has 1 rings (SSSR count). The topological polar surface area (TPSA) is 58.4 Å². The monoisotopic (exact) mass is 263 g/mol. The van der Waals surface area contributed by atoms with E-state index in [0.29, 0.717) is 11.6 Å². The van der Waals surface area contributed by atoms with Crippen LogP contribution >= 0.6 is 0 Å². The lowest BCUT2D eigenvalue weighted by Crippen LogP contribution is -2.41. The molecule has 0 saturated heterocycles. The number of nitrogens with one attached hydrogen (secondary N) is 1. The third-order valence-electron chi connectivity index (χ3n) is 3.20. The van der Waals surface area contributed by atoms with E-state index in [2.05, 4.69) is 24.1 Å². The van der Waals surface area contributed by atoms with Crippen molar-refractivity contribution in [1.82, 2.24) is 4.90 Å². The van der Waals surface area contributed by atoms with E-state index in [1.54, 1.807) is 6.07 Å². The molecule has 4 nitrogen and oxygen atoms in total. The van der Waals surface area contributed by atoms with Gasteiger partial charge in [0, 0.05) is 17.9 Å². The average molecular weight is 263 g/mol. The van der Waals surface area contributed by atoms with Crippen molar-refractivity contribution >= 4 is 17.3 Å². The molecule has 0 fully saturated rings. The van der Waals surface area contributed by atoms with E-state index in [1.807, 2.05) is 33.0 Å². The van der Waals surface area contributed by atoms with Gasteiger partial charge in [-0.2, -0.15) is 0 Å². The Morgan fingerprint density at radius 3 is 2.53 bits per heavy atom. The summed E-state index contributed by atoms with van der Waals surface area (Å²) >= 11 is 0. The summed E-state index contributed by atoms with van der Waals surface area (Å²) in [6.07, 6.45) is 0. The van der Waals surface area contributed by atoms with E-state index in [9.17, 15) is 4.79 Å². The summed E-state index contributed by atoms with van der Waals surface area (Å²) in [5.74, 6) is 0.550. The van der Waals surface area contributed by atoms with Gasteiger partial charge in [-0.15, -0.1) is 0 Å². The highest BCUT2D eigenvalue weighted by atomic mass is 16.2. The van der Waals surface area contributed by atoms with Crippen molar-refractivity contribution in [3.05, 3.63) is 23.8 Å². The summed E-state index contributed by atoms with van der Waals surface area (Å²) < 4.78 is 0. The largest absolute Gasteiger partial charge is 0.399 e. The molecule has 1 unspecified atom stereocenters. The van der Waals surface area contributed by atoms with E-state index in [4.69, 9.17) is 5.73 Å². The first-order chi connectivity index (χ1) is 8.81. The van der Waals surface area contributed by atoms with Crippen LogP contribution in [0.5, 0.6) is 0 Å². The highest BCUT2D eigenvalue weighted by molar-refractivity contribution is 5.95. The number of hydrogen-bond donors (Lipinski definition) is 2. The molecular weight excluding hydrogens is 238 g/mol. The van der Waals surface area contributed by atoms with Gasteiger partial charge in [0.05, 0.1) is 6.04 Å². The highest BCUT2D eigenvalue weighted by Gasteiger charge is 2.19. The zero-order chi connectivity index (χ0) is 14.6. The fraction of sp³-hybridized carbons (Fsp3) is 0.533. The Bertz CT molecular complexity index is 443. The number of amides is 1. The van der Waals surface area contributed by atoms with Crippen LogP contribution in [-0.4, -0.2) is 30.4 Å². The fourth-order valence-corrected chi connectivity index (χ4v) is 2.00. The van der Waals surface area contributed by atoms with E-state index < -0.39 is 0 Å². The lowest BCUT2D eigenvalue weighted by atomic mass is 10.1. The lowest BCUT2D eigenvalue weighted by Gasteiger charge is -2.25. The van der Waals surface area contributed by atoms with Gasteiger partial charge in [-0.05, 0) is 50.6 Å². The molecule has 0 saturated carbocycles. The highest BCUT2D eigenvalue weighted by Crippen LogP contribution is 2.18. The minimum absolute atomic E-state index is 0.0102. The molecule has 106 valence electrons. The molecule has 0 aliphatic heterocycles. The molecule has 1 aromatic rings. The SMILES string of the molecule is Cc1cc(N)ccc1NC(=O)C(C)N(C)CC(C)C. The Morgan fingerprint density at radius 1 is 1.37 bits per heavy atom. The van der Waals surface area contributed by atoms with Crippen molar-refractivity contribution in [2.24, 2.45) is 5.92 Å². The van der Waals surface area contributed by atoms with Crippen LogP contribution in [0.4, 0.5) is 11.4 Å². The molecule has 0 radical (unpaired) electrons. The van der Waals surface area contributed by atoms with Crippen LogP contribution in [0.25, 0.3) is 0 Å². The number of carbonyl (C=O) groups is 1. The van der Waals surface area contributed by atoms with E-state index in [1.165, 1.54) is 0 Å². The molecule has 1 amide bonds. The third kappa shape index (κ3) is 4.56. The van der Waals surface area contributed by atoms with Crippen molar-refractivity contribution in [3.8, 4) is 0 Å². The van der Waals surface area contributed by atoms with Crippen LogP contribution < -0.4 is 11.1 Å². The van der Waals surface area contributed by atoms with Crippen molar-refractivity contribution in [3.63, 3.8) is 0 Å². The van der Waals surface area contributed by atoms with Gasteiger partial charge in [-0.3, -0.25) is 9.69 Å². The molecule has 0 aliphatic rings. The Kier molecular flexibility index (Phi) is 5.36. The van der Waals surface area contributed by atoms with Crippen LogP contribution in [0.1, 0.15) is 26.3 Å². The number of carbonyl (C=O) groups excluding carboxylic acids is 1. The lowest BCUT2D eigenvalue weighted by molar-refractivity contribution is -0.120. The maximum Gasteiger partial charge on any atom is 0.241 e. The minimum Gasteiger partial charge on any atom is -0.399 e. The summed E-state index contributed by atoms with van der Waals surface area (Å²) in [5.41, 5.74) is 8.21. The fourth-order valence-electron chi connectivity index (χ4n) is 2.00. The van der Waals surface area contributed by atoms with Crippen molar-refractivity contribution < 1.29 is 4.79 Å². The number of nitrogen functional groups attached to an aromatic ring is 1. The van der Waals surface area contributed by atoms with Crippen LogP contribution in [0.15, 0.2) is 18.2 Å². The van der Waals surface area contributed by atoms with Gasteiger partial charge in [0.25, 0.3) is 0 Å². The van der Waals surface area contributed by atoms with Gasteiger partial charge in [0.2, 0.25) is 5.91 Å². The van der Waals surface area contributed by atoms with Crippen molar-refractivity contribution in [2.45, 2.75) is 33.7 Å². The number of anilines is 2. The first-order valence-corrected chi connectivity index (χ1v) is 6.68. The standard InChI is InChI=1S/C15H25N3O/c1-10(2)9-18(5)12(4)15(19)17-14-7-6-13(16)8-11(14)3/h6-8,10,12H,9,16H2,1-5H3,(H,17,19). The van der Waals surface area contributed by atoms with Gasteiger partial charge in [0.15, 0.2) is 0 Å². The zero-order valence-electron chi connectivity index (χ0n) is 12.5. The number of nitrogens with two attached hydrogens (primary N) is 1. The summed E-state index contributed by atoms with van der Waals surface area (Å²) in [4.78, 5) is 14.3. The summed E-state index contributed by atoms with van der Waals surface area (Å²) in [6.45, 7) is 9.05. The molecule has 0 bridgehead atoms. The summed E-state index contributed by atoms with van der Waals surface area (Å²) in [6, 6.07) is 5.35. The second-order valence-electron chi connectivity index (χ2n) is 5.57. The molecule has 19 heavy (non-hydrogen) atoms. The molecule has 0 heterocycles. The molecule has 1 aromatic carbocycles. The Labute approximate surface area is 116 Å². The zero-order valence-corrected chi connectivity index (χ0v) is 12.5. The van der Waals surface area contributed by atoms with Gasteiger partial charge in [0.1, 0.15) is 0 Å². The van der Waals surface area contributed by atoms with Gasteiger partial charge < -0.3 is 11.1 Å². The predicted octanol–water partition coefficient (Wildman–Crippen LogP) is 2.49. The molecule has 0 aliphatic carbocycles. The van der Waals surface area contributed by atoms with E-state index in [-0.39, 0.29) is 11.9 Å². The minimum atomic E-state index is -0.153. The van der Waals surface area contributed by atoms with E-state index in [0.717, 1.165) is 17.8 Å². The van der Waals surface area contributed by atoms with Crippen LogP contribution in [0.2, 0.25) is 0 Å². The molecule has 4 heteroatoms. The van der Waals surface area contributed by atoms with Crippen molar-refractivity contribution in [1.29, 1.82) is 0 Å². The maximum atomic E-state index is 12.2. The van der Waals surface area contributed by atoms with Crippen LogP contribution in [0, 0.1) is 12.8 Å². The number of rotatable bonds is 5. The third-order valence-corrected chi connectivity index (χ3v) is 3.20. The summed E-state index contributed by atoms with van der Waals surface area (Å²) in [5, 5.41) is 2.96. The van der Waals surface area contributed by atoms with Gasteiger partial charge >= 0.3 is 0 Å². The number of hydrogen-bond acceptors (Lipinski definition) is 3. The molecule has 1 atom stereocenters. The number of aryl methyl sites for hydroxylation is 1. The van der Waals surface area contributed by atoms with E-state index >= 15 is 0 Å². The Balaban J connectivity index is 2.68. The number of nitrogens with zero attached hydrogens (tertiary/aromatic N) is 1. The maximum absolute atomic E-state index is 12.2. The molecule has 0 aromatic heterocycles. The van der Waals surface area contributed by atoms with Crippen LogP contribution in [-0.2, 0) is 4.79 Å². The van der Waals surface area contributed by atoms with Crippen LogP contribution in [0.3, 0.4) is 0 Å². The first-order valence-electron chi connectivity index (χ1n) is 6.68. The molecule has 3 N–H and O–H groups in total. The molecular formula is C15H25N3O. The molecule has 0 spiro atoms. The van der Waals surface area contributed by atoms with Crippen molar-refractivity contribution in [2.75, 3.05) is 24.6 Å². The second-order valence-corrected chi connectivity index (χ2v) is 5.57. The smallest absolute Gasteiger partial charge is 0.241 e. The first kappa shape index (κ1) is 15.5. The number of benzene rings is 1. The Morgan fingerprint density at radius 2 is 2.00 bits per heavy atom. The predicted molar refractivity (Wildman–Crippen MR) is 81.2 cm³/mol. The van der Waals surface area contributed by atoms with Gasteiger partial charge in [-0.25, -0.2) is 0 Å².